The molecule has 31 heavy (non-hydrogen) atoms. The Balaban J connectivity index is 1.49. The largest absolute Gasteiger partial charge is 0.549 e. The Labute approximate surface area is 179 Å². The average Bonchev–Trinajstić information content (AvgIpc) is 3.06. The minimum absolute atomic E-state index is 0.0172. The summed E-state index contributed by atoms with van der Waals surface area (Å²) < 4.78 is 18.9. The molecule has 0 aliphatic heterocycles. The van der Waals surface area contributed by atoms with Crippen LogP contribution >= 0.6 is 0 Å². The predicted molar refractivity (Wildman–Crippen MR) is 110 cm³/mol. The summed E-state index contributed by atoms with van der Waals surface area (Å²) in [6, 6.07) is 20.7. The van der Waals surface area contributed by atoms with E-state index in [1.54, 1.807) is 6.07 Å². The molecule has 6 heteroatoms. The lowest BCUT2D eigenvalue weighted by Gasteiger charge is -2.22. The standard InChI is InChI=1S/C25H22FNO4/c26-16-7-5-6-15(12-16)13-22(27)23(24(28)29)25(30)31-14-21-19-10-3-1-8-17(19)18-9-2-4-11-20(18)21/h1-12,21-23H,13-14,27H2,(H,28,29)/t22-,23+/m0/s1. The SMILES string of the molecule is [NH3+][C@@H](Cc1cccc(F)c1)[C@H](C(=O)[O-])C(=O)OCC1c2ccccc2-c2ccccc21. The number of benzene rings is 3. The van der Waals surface area contributed by atoms with Crippen LogP contribution in [0.15, 0.2) is 72.8 Å². The van der Waals surface area contributed by atoms with Crippen LogP contribution in [-0.4, -0.2) is 24.6 Å². The van der Waals surface area contributed by atoms with Gasteiger partial charge in [0, 0.05) is 12.3 Å². The van der Waals surface area contributed by atoms with Gasteiger partial charge >= 0.3 is 5.97 Å². The molecule has 3 N–H and O–H groups in total. The van der Waals surface area contributed by atoms with Crippen LogP contribution in [0, 0.1) is 11.7 Å². The minimum atomic E-state index is -1.55. The Bertz CT molecular complexity index is 1080. The van der Waals surface area contributed by atoms with Gasteiger partial charge in [0.15, 0.2) is 0 Å². The Morgan fingerprint density at radius 3 is 2.16 bits per heavy atom. The Kier molecular flexibility index (Phi) is 5.82. The molecular formula is C25H22FNO4. The third-order valence-electron chi connectivity index (χ3n) is 5.72. The van der Waals surface area contributed by atoms with Crippen molar-refractivity contribution in [3.63, 3.8) is 0 Å². The third kappa shape index (κ3) is 4.20. The number of hydrogen-bond donors (Lipinski definition) is 1. The zero-order valence-corrected chi connectivity index (χ0v) is 16.8. The van der Waals surface area contributed by atoms with Gasteiger partial charge < -0.3 is 20.4 Å². The molecule has 0 bridgehead atoms. The number of carboxylic acids is 1. The molecule has 1 aliphatic carbocycles. The molecule has 0 heterocycles. The number of carboxylic acid groups (broad SMARTS) is 1. The van der Waals surface area contributed by atoms with Gasteiger partial charge in [0.1, 0.15) is 24.4 Å². The van der Waals surface area contributed by atoms with Gasteiger partial charge in [-0.05, 0) is 39.9 Å². The monoisotopic (exact) mass is 419 g/mol. The van der Waals surface area contributed by atoms with Gasteiger partial charge in [-0.1, -0.05) is 60.7 Å². The van der Waals surface area contributed by atoms with Crippen LogP contribution in [0.1, 0.15) is 22.6 Å². The Morgan fingerprint density at radius 2 is 1.58 bits per heavy atom. The third-order valence-corrected chi connectivity index (χ3v) is 5.72. The molecule has 5 nitrogen and oxygen atoms in total. The number of hydrogen-bond acceptors (Lipinski definition) is 4. The molecule has 3 aromatic rings. The van der Waals surface area contributed by atoms with Crippen molar-refractivity contribution >= 4 is 11.9 Å². The first-order valence-corrected chi connectivity index (χ1v) is 10.1. The number of esters is 1. The first-order chi connectivity index (χ1) is 15.0. The molecule has 0 saturated carbocycles. The van der Waals surface area contributed by atoms with Crippen LogP contribution in [0.5, 0.6) is 0 Å². The van der Waals surface area contributed by atoms with Gasteiger partial charge in [-0.2, -0.15) is 0 Å². The highest BCUT2D eigenvalue weighted by atomic mass is 19.1. The highest BCUT2D eigenvalue weighted by Crippen LogP contribution is 2.44. The summed E-state index contributed by atoms with van der Waals surface area (Å²) in [4.78, 5) is 24.4. The van der Waals surface area contributed by atoms with E-state index >= 15 is 0 Å². The van der Waals surface area contributed by atoms with Crippen molar-refractivity contribution in [1.29, 1.82) is 0 Å². The van der Waals surface area contributed by atoms with Gasteiger partial charge in [0.25, 0.3) is 0 Å². The number of halogens is 1. The number of quaternary nitrogens is 1. The van der Waals surface area contributed by atoms with Crippen LogP contribution in [0.25, 0.3) is 11.1 Å². The van der Waals surface area contributed by atoms with E-state index in [4.69, 9.17) is 4.74 Å². The van der Waals surface area contributed by atoms with E-state index < -0.39 is 29.7 Å². The topological polar surface area (TPSA) is 94.1 Å². The number of aliphatic carboxylic acids is 1. The number of carbonyl (C=O) groups is 2. The quantitative estimate of drug-likeness (QED) is 0.466. The summed E-state index contributed by atoms with van der Waals surface area (Å²) in [6.07, 6.45) is 0.112. The molecule has 1 aliphatic rings. The first kappa shape index (κ1) is 20.8. The smallest absolute Gasteiger partial charge is 0.320 e. The Hall–Kier alpha value is -3.51. The lowest BCUT2D eigenvalue weighted by Crippen LogP contribution is -2.69. The van der Waals surface area contributed by atoms with E-state index in [9.17, 15) is 19.1 Å². The van der Waals surface area contributed by atoms with E-state index in [2.05, 4.69) is 5.73 Å². The maximum absolute atomic E-state index is 13.4. The van der Waals surface area contributed by atoms with Crippen LogP contribution in [-0.2, 0) is 20.7 Å². The molecule has 2 atom stereocenters. The maximum Gasteiger partial charge on any atom is 0.320 e. The molecular weight excluding hydrogens is 397 g/mol. The van der Waals surface area contributed by atoms with Crippen molar-refractivity contribution < 1.29 is 29.6 Å². The maximum atomic E-state index is 13.4. The van der Waals surface area contributed by atoms with Crippen molar-refractivity contribution in [3.05, 3.63) is 95.3 Å². The van der Waals surface area contributed by atoms with Gasteiger partial charge in [-0.3, -0.25) is 4.79 Å². The molecule has 0 fully saturated rings. The summed E-state index contributed by atoms with van der Waals surface area (Å²) in [7, 11) is 0. The van der Waals surface area contributed by atoms with Gasteiger partial charge in [-0.15, -0.1) is 0 Å². The molecule has 0 aromatic heterocycles. The summed E-state index contributed by atoms with van der Waals surface area (Å²) in [5.41, 5.74) is 8.60. The molecule has 3 aromatic carbocycles. The predicted octanol–water partition coefficient (Wildman–Crippen LogP) is 1.70. The zero-order chi connectivity index (χ0) is 22.0. The van der Waals surface area contributed by atoms with E-state index in [0.717, 1.165) is 22.3 Å². The summed E-state index contributed by atoms with van der Waals surface area (Å²) in [5.74, 6) is -4.59. The molecule has 0 spiro atoms. The van der Waals surface area contributed by atoms with Crippen LogP contribution in [0.2, 0.25) is 0 Å². The molecule has 0 saturated heterocycles. The second-order valence-electron chi connectivity index (χ2n) is 7.75. The summed E-state index contributed by atoms with van der Waals surface area (Å²) >= 11 is 0. The van der Waals surface area contributed by atoms with Gasteiger partial charge in [-0.25, -0.2) is 4.39 Å². The number of ether oxygens (including phenoxy) is 1. The van der Waals surface area contributed by atoms with Crippen molar-refractivity contribution in [3.8, 4) is 11.1 Å². The Morgan fingerprint density at radius 1 is 0.968 bits per heavy atom. The summed E-state index contributed by atoms with van der Waals surface area (Å²) in [5, 5.41) is 11.7. The highest BCUT2D eigenvalue weighted by molar-refractivity contribution is 5.93. The van der Waals surface area contributed by atoms with Gasteiger partial charge in [0.05, 0.1) is 5.97 Å². The molecule has 4 rings (SSSR count). The van der Waals surface area contributed by atoms with Crippen molar-refractivity contribution in [1.82, 2.24) is 0 Å². The molecule has 0 amide bonds. The van der Waals surface area contributed by atoms with Crippen molar-refractivity contribution in [2.24, 2.45) is 5.92 Å². The lowest BCUT2D eigenvalue weighted by molar-refractivity contribution is -0.433. The van der Waals surface area contributed by atoms with Gasteiger partial charge in [0.2, 0.25) is 0 Å². The van der Waals surface area contributed by atoms with Crippen molar-refractivity contribution in [2.75, 3.05) is 6.61 Å². The number of carbonyl (C=O) groups excluding carboxylic acids is 2. The van der Waals surface area contributed by atoms with E-state index in [0.29, 0.717) is 5.56 Å². The van der Waals surface area contributed by atoms with E-state index in [-0.39, 0.29) is 18.9 Å². The van der Waals surface area contributed by atoms with Crippen LogP contribution in [0.4, 0.5) is 4.39 Å². The second-order valence-corrected chi connectivity index (χ2v) is 7.75. The average molecular weight is 419 g/mol. The first-order valence-electron chi connectivity index (χ1n) is 10.1. The summed E-state index contributed by atoms with van der Waals surface area (Å²) in [6.45, 7) is 0.0172. The van der Waals surface area contributed by atoms with Crippen LogP contribution < -0.4 is 10.8 Å². The normalized spacial score (nSPS) is 14.4. The lowest BCUT2D eigenvalue weighted by atomic mass is 9.94. The van der Waals surface area contributed by atoms with E-state index in [1.807, 2.05) is 48.5 Å². The molecule has 0 unspecified atom stereocenters. The van der Waals surface area contributed by atoms with Crippen LogP contribution in [0.3, 0.4) is 0 Å². The minimum Gasteiger partial charge on any atom is -0.549 e. The highest BCUT2D eigenvalue weighted by Gasteiger charge is 2.34. The number of rotatable bonds is 7. The number of fused-ring (bicyclic) bond motifs is 3. The second kappa shape index (κ2) is 8.70. The fraction of sp³-hybridized carbons (Fsp3) is 0.200. The fourth-order valence-corrected chi connectivity index (χ4v) is 4.26. The van der Waals surface area contributed by atoms with Crippen molar-refractivity contribution in [2.45, 2.75) is 18.4 Å². The zero-order valence-electron chi connectivity index (χ0n) is 16.8. The molecule has 158 valence electrons. The molecule has 0 radical (unpaired) electrons. The fourth-order valence-electron chi connectivity index (χ4n) is 4.26. The van der Waals surface area contributed by atoms with E-state index in [1.165, 1.54) is 18.2 Å².